The Bertz CT molecular complexity index is 476. The third kappa shape index (κ3) is 6.28. The molecule has 1 aliphatic rings. The van der Waals surface area contributed by atoms with Crippen LogP contribution < -0.4 is 14.8 Å². The van der Waals surface area contributed by atoms with Crippen LogP contribution in [0.1, 0.15) is 18.4 Å². The smallest absolute Gasteiger partial charge is 0.160 e. The van der Waals surface area contributed by atoms with Gasteiger partial charge >= 0.3 is 0 Å². The zero-order chi connectivity index (χ0) is 17.2. The summed E-state index contributed by atoms with van der Waals surface area (Å²) in [5.74, 6) is 1.49. The second kappa shape index (κ2) is 10.5. The van der Waals surface area contributed by atoms with Crippen LogP contribution in [0, 0.1) is 0 Å². The molecule has 2 atom stereocenters. The maximum Gasteiger partial charge on any atom is 0.160 e. The lowest BCUT2D eigenvalue weighted by Crippen LogP contribution is -2.87. The summed E-state index contributed by atoms with van der Waals surface area (Å²) < 4.78 is 21.5. The van der Waals surface area contributed by atoms with Crippen LogP contribution in [-0.2, 0) is 15.9 Å². The number of hydrogen-bond acceptors (Lipinski definition) is 5. The van der Waals surface area contributed by atoms with Crippen molar-refractivity contribution in [3.63, 3.8) is 0 Å². The van der Waals surface area contributed by atoms with E-state index in [2.05, 4.69) is 5.32 Å². The highest BCUT2D eigenvalue weighted by atomic mass is 16.5. The van der Waals surface area contributed by atoms with Gasteiger partial charge in [-0.1, -0.05) is 6.07 Å². The Kier molecular flexibility index (Phi) is 8.32. The minimum absolute atomic E-state index is 0.214. The molecule has 0 bridgehead atoms. The Balaban J connectivity index is 1.58. The topological polar surface area (TPSA) is 73.8 Å². The van der Waals surface area contributed by atoms with E-state index in [1.54, 1.807) is 14.2 Å². The van der Waals surface area contributed by atoms with Gasteiger partial charge < -0.3 is 29.4 Å². The van der Waals surface area contributed by atoms with Gasteiger partial charge in [0.2, 0.25) is 0 Å². The van der Waals surface area contributed by atoms with Crippen LogP contribution in [0.3, 0.4) is 0 Å². The largest absolute Gasteiger partial charge is 0.493 e. The van der Waals surface area contributed by atoms with Gasteiger partial charge in [0.15, 0.2) is 11.5 Å². The van der Waals surface area contributed by atoms with Crippen LogP contribution in [-0.4, -0.2) is 64.4 Å². The van der Waals surface area contributed by atoms with Gasteiger partial charge in [0.25, 0.3) is 0 Å². The van der Waals surface area contributed by atoms with Crippen molar-refractivity contribution >= 4 is 0 Å². The molecule has 0 unspecified atom stereocenters. The summed E-state index contributed by atoms with van der Waals surface area (Å²) >= 11 is 0. The average molecular weight is 340 g/mol. The van der Waals surface area contributed by atoms with Crippen LogP contribution in [0.25, 0.3) is 0 Å². The molecular weight excluding hydrogens is 310 g/mol. The molecule has 1 saturated heterocycles. The second-order valence-electron chi connectivity index (χ2n) is 6.08. The third-order valence-electron chi connectivity index (χ3n) is 4.16. The van der Waals surface area contributed by atoms with Gasteiger partial charge in [-0.25, -0.2) is 0 Å². The Hall–Kier alpha value is -1.34. The molecule has 1 aromatic rings. The standard InChI is InChI=1S/C18H29NO5/c1-21-17-6-5-14(10-18(17)22-2)7-8-19-11-15(20)12-23-13-16-4-3-9-24-16/h5-6,10,15-16,19-20H,3-4,7-9,11-13H2,1-2H3/p+1/t15-,16-/m0/s1. The predicted octanol–water partition coefficient (Wildman–Crippen LogP) is 0.366. The first-order chi connectivity index (χ1) is 11.7. The number of quaternary nitrogens is 1. The number of methoxy groups -OCH3 is 2. The lowest BCUT2D eigenvalue weighted by Gasteiger charge is -2.13. The summed E-state index contributed by atoms with van der Waals surface area (Å²) in [4.78, 5) is 0. The Morgan fingerprint density at radius 2 is 2.12 bits per heavy atom. The summed E-state index contributed by atoms with van der Waals surface area (Å²) in [7, 11) is 3.27. The number of aliphatic hydroxyl groups excluding tert-OH is 1. The molecule has 2 rings (SSSR count). The van der Waals surface area contributed by atoms with Gasteiger partial charge in [-0.15, -0.1) is 0 Å². The molecule has 0 saturated carbocycles. The summed E-state index contributed by atoms with van der Waals surface area (Å²) in [6, 6.07) is 5.95. The Labute approximate surface area is 144 Å². The monoisotopic (exact) mass is 340 g/mol. The lowest BCUT2D eigenvalue weighted by molar-refractivity contribution is -0.660. The van der Waals surface area contributed by atoms with Gasteiger partial charge in [0, 0.05) is 13.0 Å². The van der Waals surface area contributed by atoms with Gasteiger partial charge in [0.1, 0.15) is 12.6 Å². The van der Waals surface area contributed by atoms with Crippen LogP contribution in [0.5, 0.6) is 11.5 Å². The minimum Gasteiger partial charge on any atom is -0.493 e. The number of hydrogen-bond donors (Lipinski definition) is 2. The maximum atomic E-state index is 9.94. The summed E-state index contributed by atoms with van der Waals surface area (Å²) in [5.41, 5.74) is 1.19. The average Bonchev–Trinajstić information content (AvgIpc) is 3.12. The van der Waals surface area contributed by atoms with E-state index in [9.17, 15) is 5.11 Å². The number of benzene rings is 1. The number of ether oxygens (including phenoxy) is 4. The zero-order valence-corrected chi connectivity index (χ0v) is 14.7. The van der Waals surface area contributed by atoms with E-state index in [1.165, 1.54) is 5.56 Å². The molecule has 24 heavy (non-hydrogen) atoms. The van der Waals surface area contributed by atoms with Crippen LogP contribution in [0.15, 0.2) is 18.2 Å². The fourth-order valence-corrected chi connectivity index (χ4v) is 2.79. The number of rotatable bonds is 11. The molecule has 0 amide bonds. The predicted molar refractivity (Wildman–Crippen MR) is 90.7 cm³/mol. The molecule has 0 aromatic heterocycles. The van der Waals surface area contributed by atoms with Crippen molar-refractivity contribution < 1.29 is 29.4 Å². The van der Waals surface area contributed by atoms with Gasteiger partial charge in [-0.2, -0.15) is 0 Å². The van der Waals surface area contributed by atoms with Crippen LogP contribution >= 0.6 is 0 Å². The highest BCUT2D eigenvalue weighted by Crippen LogP contribution is 2.27. The van der Waals surface area contributed by atoms with Gasteiger partial charge in [0.05, 0.1) is 40.1 Å². The van der Waals surface area contributed by atoms with Crippen LogP contribution in [0.4, 0.5) is 0 Å². The molecule has 6 heteroatoms. The van der Waals surface area contributed by atoms with E-state index in [-0.39, 0.29) is 6.10 Å². The highest BCUT2D eigenvalue weighted by Gasteiger charge is 2.16. The number of aliphatic hydroxyl groups is 1. The molecule has 3 N–H and O–H groups in total. The molecule has 0 spiro atoms. The molecule has 1 aromatic carbocycles. The van der Waals surface area contributed by atoms with E-state index in [4.69, 9.17) is 18.9 Å². The van der Waals surface area contributed by atoms with Crippen LogP contribution in [0.2, 0.25) is 0 Å². The molecule has 1 heterocycles. The van der Waals surface area contributed by atoms with Crippen molar-refractivity contribution in [3.8, 4) is 11.5 Å². The first-order valence-corrected chi connectivity index (χ1v) is 8.63. The third-order valence-corrected chi connectivity index (χ3v) is 4.16. The maximum absolute atomic E-state index is 9.94. The van der Waals surface area contributed by atoms with Crippen molar-refractivity contribution in [2.45, 2.75) is 31.5 Å². The zero-order valence-electron chi connectivity index (χ0n) is 14.7. The minimum atomic E-state index is -0.447. The van der Waals surface area contributed by atoms with Gasteiger partial charge in [-0.05, 0) is 30.5 Å². The summed E-state index contributed by atoms with van der Waals surface area (Å²) in [6.07, 6.45) is 2.85. The molecule has 0 radical (unpaired) electrons. The van der Waals surface area contributed by atoms with E-state index < -0.39 is 6.10 Å². The van der Waals surface area contributed by atoms with E-state index in [1.807, 2.05) is 18.2 Å². The summed E-state index contributed by atoms with van der Waals surface area (Å²) in [5, 5.41) is 12.0. The molecular formula is C18H30NO5+. The van der Waals surface area contributed by atoms with E-state index in [0.29, 0.717) is 19.8 Å². The first-order valence-electron chi connectivity index (χ1n) is 8.63. The van der Waals surface area contributed by atoms with Crippen molar-refractivity contribution in [1.29, 1.82) is 0 Å². The molecule has 1 aliphatic heterocycles. The normalized spacial score (nSPS) is 18.5. The number of nitrogens with two attached hydrogens (primary N) is 1. The van der Waals surface area contributed by atoms with Crippen molar-refractivity contribution in [1.82, 2.24) is 0 Å². The molecule has 1 fully saturated rings. The molecule has 136 valence electrons. The first kappa shape index (κ1) is 19.0. The molecule has 0 aliphatic carbocycles. The highest BCUT2D eigenvalue weighted by molar-refractivity contribution is 5.42. The van der Waals surface area contributed by atoms with Gasteiger partial charge in [-0.3, -0.25) is 0 Å². The summed E-state index contributed by atoms with van der Waals surface area (Å²) in [6.45, 7) is 3.33. The lowest BCUT2D eigenvalue weighted by atomic mass is 10.1. The fraction of sp³-hybridized carbons (Fsp3) is 0.667. The van der Waals surface area contributed by atoms with Crippen molar-refractivity contribution in [3.05, 3.63) is 23.8 Å². The molecule has 6 nitrogen and oxygen atoms in total. The van der Waals surface area contributed by atoms with E-state index in [0.717, 1.165) is 43.9 Å². The van der Waals surface area contributed by atoms with Crippen molar-refractivity contribution in [2.24, 2.45) is 0 Å². The Morgan fingerprint density at radius 1 is 1.29 bits per heavy atom. The fourth-order valence-electron chi connectivity index (χ4n) is 2.79. The quantitative estimate of drug-likeness (QED) is 0.569. The van der Waals surface area contributed by atoms with Crippen molar-refractivity contribution in [2.75, 3.05) is 47.1 Å². The second-order valence-corrected chi connectivity index (χ2v) is 6.08. The van der Waals surface area contributed by atoms with E-state index >= 15 is 0 Å². The SMILES string of the molecule is COc1ccc(CC[NH2+]C[C@H](O)COC[C@@H]2CCCO2)cc1OC. The Morgan fingerprint density at radius 3 is 2.83 bits per heavy atom.